The molecule has 7 nitrogen and oxygen atoms in total. The van der Waals surface area contributed by atoms with Gasteiger partial charge in [0.2, 0.25) is 0 Å². The second-order valence-electron chi connectivity index (χ2n) is 15.3. The van der Waals surface area contributed by atoms with Crippen molar-refractivity contribution in [3.8, 4) is 11.5 Å². The normalized spacial score (nSPS) is 34.8. The van der Waals surface area contributed by atoms with Crippen molar-refractivity contribution in [2.24, 2.45) is 28.6 Å². The Bertz CT molecular complexity index is 1460. The molecule has 0 spiro atoms. The molecule has 248 valence electrons. The van der Waals surface area contributed by atoms with E-state index in [1.54, 1.807) is 25.8 Å². The van der Waals surface area contributed by atoms with Crippen LogP contribution in [-0.2, 0) is 16.1 Å². The van der Waals surface area contributed by atoms with Crippen molar-refractivity contribution in [1.82, 2.24) is 14.5 Å². The third-order valence-corrected chi connectivity index (χ3v) is 12.8. The molecule has 0 radical (unpaired) electrons. The summed E-state index contributed by atoms with van der Waals surface area (Å²) in [7, 11) is 1.70. The van der Waals surface area contributed by atoms with Crippen molar-refractivity contribution in [2.75, 3.05) is 26.8 Å². The van der Waals surface area contributed by atoms with Crippen LogP contribution >= 0.6 is 0 Å². The average molecular weight is 628 g/mol. The summed E-state index contributed by atoms with van der Waals surface area (Å²) in [4.78, 5) is 19.4. The number of imidazole rings is 1. The van der Waals surface area contributed by atoms with Crippen LogP contribution in [-0.4, -0.2) is 59.4 Å². The molecule has 0 N–H and O–H groups in total. The average Bonchev–Trinajstić information content (AvgIpc) is 3.82. The fourth-order valence-electron chi connectivity index (χ4n) is 10.4. The largest absolute Gasteiger partial charge is 0.493 e. The van der Waals surface area contributed by atoms with Gasteiger partial charge in [0.1, 0.15) is 6.10 Å². The molecule has 4 aliphatic carbocycles. The number of carbonyl (C=O) groups is 1. The van der Waals surface area contributed by atoms with Gasteiger partial charge in [-0.25, -0.2) is 4.98 Å². The monoisotopic (exact) mass is 627 g/mol. The summed E-state index contributed by atoms with van der Waals surface area (Å²) in [6.07, 6.45) is 22.4. The van der Waals surface area contributed by atoms with Gasteiger partial charge in [0.25, 0.3) is 0 Å². The minimum absolute atomic E-state index is 0.0461. The van der Waals surface area contributed by atoms with Crippen molar-refractivity contribution in [1.29, 1.82) is 0 Å². The second-order valence-corrected chi connectivity index (χ2v) is 15.3. The molecule has 46 heavy (non-hydrogen) atoms. The molecule has 4 fully saturated rings. The number of aryl methyl sites for hydroxylation is 1. The maximum absolute atomic E-state index is 12.5. The molecule has 1 aromatic heterocycles. The van der Waals surface area contributed by atoms with Gasteiger partial charge in [0.05, 0.1) is 20.0 Å². The van der Waals surface area contributed by atoms with Gasteiger partial charge < -0.3 is 23.7 Å². The molecule has 1 aromatic carbocycles. The number of hydrogen-bond acceptors (Lipinski definition) is 6. The van der Waals surface area contributed by atoms with Gasteiger partial charge in [0, 0.05) is 37.3 Å². The third-order valence-electron chi connectivity index (χ3n) is 12.8. The first-order chi connectivity index (χ1) is 22.3. The van der Waals surface area contributed by atoms with Gasteiger partial charge in [-0.3, -0.25) is 4.79 Å². The number of carbonyl (C=O) groups excluding carboxylic acids is 1. The van der Waals surface area contributed by atoms with Crippen molar-refractivity contribution in [2.45, 2.75) is 104 Å². The van der Waals surface area contributed by atoms with Crippen LogP contribution in [0, 0.1) is 28.6 Å². The van der Waals surface area contributed by atoms with Crippen molar-refractivity contribution < 1.29 is 19.0 Å². The second kappa shape index (κ2) is 12.9. The SMILES string of the molecule is COc1cc(/C=C2/C[C@H]3[C@@H]4CC=C5C[C@@H](N6CCCC6)CC[C@]5(C)[C@H]4CC[C@]3(C)[C@H]2OC(C)=O)ccc1OCCCn1ccnc1. The standard InChI is InChI=1S/C39H53N3O4/c1-27(43)46-37-29(22-28-8-11-35(36(23-28)44-4)45-21-7-17-41-20-16-40-26-41)24-34-32-10-9-30-25-31(42-18-5-6-19-42)12-14-38(30,2)33(32)13-15-39(34,37)3/h8-9,11,16,20,22-23,26,31-34,37H,5-7,10,12-15,17-19,21,24-25H2,1-4H3/b29-22-/t31-,32+,33-,34-,37-,38-,39-/m0/s1. The molecule has 0 bridgehead atoms. The first kappa shape index (κ1) is 31.5. The molecule has 7 atom stereocenters. The van der Waals surface area contributed by atoms with Gasteiger partial charge in [0.15, 0.2) is 11.5 Å². The Kier molecular flexibility index (Phi) is 8.81. The number of ether oxygens (including phenoxy) is 3. The summed E-state index contributed by atoms with van der Waals surface area (Å²) in [5.41, 5.74) is 4.33. The molecular weight excluding hydrogens is 574 g/mol. The summed E-state index contributed by atoms with van der Waals surface area (Å²) >= 11 is 0. The number of esters is 1. The molecule has 0 unspecified atom stereocenters. The predicted molar refractivity (Wildman–Crippen MR) is 181 cm³/mol. The smallest absolute Gasteiger partial charge is 0.303 e. The number of rotatable bonds is 9. The zero-order valence-corrected chi connectivity index (χ0v) is 28.4. The van der Waals surface area contributed by atoms with E-state index >= 15 is 0 Å². The van der Waals surface area contributed by atoms with E-state index in [2.05, 4.69) is 52.6 Å². The van der Waals surface area contributed by atoms with Gasteiger partial charge in [-0.2, -0.15) is 0 Å². The van der Waals surface area contributed by atoms with E-state index in [0.29, 0.717) is 29.8 Å². The Balaban J connectivity index is 1.10. The van der Waals surface area contributed by atoms with Crippen LogP contribution < -0.4 is 9.47 Å². The maximum Gasteiger partial charge on any atom is 0.303 e. The third kappa shape index (κ3) is 5.82. The molecular formula is C39H53N3O4. The van der Waals surface area contributed by atoms with Gasteiger partial charge in [-0.05, 0) is 124 Å². The number of hydrogen-bond donors (Lipinski definition) is 0. The van der Waals surface area contributed by atoms with Crippen LogP contribution in [0.1, 0.15) is 90.5 Å². The van der Waals surface area contributed by atoms with Crippen molar-refractivity contribution in [3.05, 3.63) is 59.7 Å². The Morgan fingerprint density at radius 3 is 2.70 bits per heavy atom. The number of fused-ring (bicyclic) bond motifs is 5. The number of allylic oxidation sites excluding steroid dienone is 1. The number of methoxy groups -OCH3 is 1. The van der Waals surface area contributed by atoms with E-state index in [0.717, 1.165) is 48.9 Å². The van der Waals surface area contributed by atoms with Crippen LogP contribution in [0.15, 0.2) is 54.1 Å². The van der Waals surface area contributed by atoms with E-state index in [-0.39, 0.29) is 17.5 Å². The van der Waals surface area contributed by atoms with Crippen molar-refractivity contribution >= 4 is 12.0 Å². The van der Waals surface area contributed by atoms with E-state index in [1.165, 1.54) is 63.6 Å². The number of nitrogens with zero attached hydrogens (tertiary/aromatic N) is 3. The fourth-order valence-corrected chi connectivity index (χ4v) is 10.4. The lowest BCUT2D eigenvalue weighted by Crippen LogP contribution is -2.52. The lowest BCUT2D eigenvalue weighted by atomic mass is 9.48. The highest BCUT2D eigenvalue weighted by Gasteiger charge is 2.61. The Morgan fingerprint density at radius 2 is 1.93 bits per heavy atom. The van der Waals surface area contributed by atoms with Gasteiger partial charge in [-0.15, -0.1) is 0 Å². The predicted octanol–water partition coefficient (Wildman–Crippen LogP) is 7.71. The lowest BCUT2D eigenvalue weighted by Gasteiger charge is -2.58. The summed E-state index contributed by atoms with van der Waals surface area (Å²) in [6.45, 7) is 10.6. The van der Waals surface area contributed by atoms with E-state index in [1.807, 2.05) is 18.6 Å². The van der Waals surface area contributed by atoms with Crippen LogP contribution in [0.25, 0.3) is 6.08 Å². The van der Waals surface area contributed by atoms with Gasteiger partial charge >= 0.3 is 5.97 Å². The first-order valence-electron chi connectivity index (χ1n) is 17.9. The molecule has 2 aromatic rings. The molecule has 3 saturated carbocycles. The van der Waals surface area contributed by atoms with Crippen LogP contribution in [0.5, 0.6) is 11.5 Å². The number of likely N-dealkylation sites (tertiary alicyclic amines) is 1. The summed E-state index contributed by atoms with van der Waals surface area (Å²) in [5.74, 6) is 3.15. The van der Waals surface area contributed by atoms with Crippen molar-refractivity contribution in [3.63, 3.8) is 0 Å². The molecule has 0 amide bonds. The zero-order valence-electron chi connectivity index (χ0n) is 28.4. The minimum Gasteiger partial charge on any atom is -0.493 e. The Morgan fingerprint density at radius 1 is 1.09 bits per heavy atom. The Labute approximate surface area is 275 Å². The van der Waals surface area contributed by atoms with E-state index in [9.17, 15) is 4.79 Å². The fraction of sp³-hybridized carbons (Fsp3) is 0.641. The van der Waals surface area contributed by atoms with E-state index in [4.69, 9.17) is 14.2 Å². The Hall–Kier alpha value is -3.06. The molecule has 7 heteroatoms. The number of aromatic nitrogens is 2. The maximum atomic E-state index is 12.5. The highest BCUT2D eigenvalue weighted by atomic mass is 16.5. The molecule has 1 aliphatic heterocycles. The quantitative estimate of drug-likeness (QED) is 0.161. The highest BCUT2D eigenvalue weighted by Crippen LogP contribution is 2.66. The first-order valence-corrected chi connectivity index (χ1v) is 17.9. The zero-order chi connectivity index (χ0) is 31.9. The number of benzene rings is 1. The molecule has 7 rings (SSSR count). The van der Waals surface area contributed by atoms with Crippen LogP contribution in [0.4, 0.5) is 0 Å². The van der Waals surface area contributed by atoms with Crippen LogP contribution in [0.2, 0.25) is 0 Å². The molecule has 2 heterocycles. The van der Waals surface area contributed by atoms with Crippen LogP contribution in [0.3, 0.4) is 0 Å². The molecule has 5 aliphatic rings. The topological polar surface area (TPSA) is 65.8 Å². The summed E-state index contributed by atoms with van der Waals surface area (Å²) < 4.78 is 20.2. The lowest BCUT2D eigenvalue weighted by molar-refractivity contribution is -0.154. The summed E-state index contributed by atoms with van der Waals surface area (Å²) in [6, 6.07) is 6.92. The summed E-state index contributed by atoms with van der Waals surface area (Å²) in [5, 5.41) is 0. The van der Waals surface area contributed by atoms with Gasteiger partial charge in [-0.1, -0.05) is 37.6 Å². The highest BCUT2D eigenvalue weighted by molar-refractivity contribution is 5.68. The molecule has 1 saturated heterocycles. The minimum atomic E-state index is -0.190. The van der Waals surface area contributed by atoms with E-state index < -0.39 is 0 Å².